The van der Waals surface area contributed by atoms with Crippen molar-refractivity contribution in [1.29, 1.82) is 0 Å². The van der Waals surface area contributed by atoms with Gasteiger partial charge in [0.2, 0.25) is 5.91 Å². The van der Waals surface area contributed by atoms with Crippen LogP contribution in [0.15, 0.2) is 27.1 Å². The summed E-state index contributed by atoms with van der Waals surface area (Å²) in [5, 5.41) is 6.30. The van der Waals surface area contributed by atoms with Gasteiger partial charge in [0.05, 0.1) is 0 Å². The highest BCUT2D eigenvalue weighted by molar-refractivity contribution is 9.11. The van der Waals surface area contributed by atoms with Crippen LogP contribution in [-0.2, 0) is 4.79 Å². The van der Waals surface area contributed by atoms with E-state index in [4.69, 9.17) is 0 Å². The van der Waals surface area contributed by atoms with Crippen molar-refractivity contribution >= 4 is 43.5 Å². The van der Waals surface area contributed by atoms with E-state index in [1.165, 1.54) is 0 Å². The molecule has 0 radical (unpaired) electrons. The number of carbonyl (C=O) groups excluding carboxylic acids is 1. The minimum Gasteiger partial charge on any atom is -0.381 e. The summed E-state index contributed by atoms with van der Waals surface area (Å²) in [7, 11) is 0. The third-order valence-corrected chi connectivity index (χ3v) is 3.92. The maximum Gasteiger partial charge on any atom is 0.222 e. The van der Waals surface area contributed by atoms with Crippen molar-refractivity contribution in [3.63, 3.8) is 0 Å². The molecule has 3 nitrogen and oxygen atoms in total. The number of benzene rings is 1. The van der Waals surface area contributed by atoms with Gasteiger partial charge in [0.15, 0.2) is 0 Å². The molecule has 2 rings (SSSR count). The Morgan fingerprint density at radius 2 is 2.18 bits per heavy atom. The molecular weight excluding hydrogens is 348 g/mol. The van der Waals surface area contributed by atoms with Crippen molar-refractivity contribution in [2.24, 2.45) is 0 Å². The van der Waals surface area contributed by atoms with Gasteiger partial charge in [-0.3, -0.25) is 4.79 Å². The van der Waals surface area contributed by atoms with E-state index < -0.39 is 0 Å². The summed E-state index contributed by atoms with van der Waals surface area (Å²) in [4.78, 5) is 11.5. The summed E-state index contributed by atoms with van der Waals surface area (Å²) in [6.45, 7) is 0.790. The van der Waals surface area contributed by atoms with E-state index in [-0.39, 0.29) is 11.9 Å². The number of rotatable bonds is 2. The lowest BCUT2D eigenvalue weighted by Gasteiger charge is -2.17. The molecule has 1 aliphatic heterocycles. The van der Waals surface area contributed by atoms with E-state index in [0.717, 1.165) is 34.0 Å². The molecule has 0 spiro atoms. The van der Waals surface area contributed by atoms with E-state index >= 15 is 0 Å². The summed E-state index contributed by atoms with van der Waals surface area (Å²) in [6.07, 6.45) is 2.58. The van der Waals surface area contributed by atoms with Gasteiger partial charge in [-0.05, 0) is 47.0 Å². The Morgan fingerprint density at radius 3 is 2.94 bits per heavy atom. The van der Waals surface area contributed by atoms with E-state index in [9.17, 15) is 4.79 Å². The highest BCUT2D eigenvalue weighted by atomic mass is 79.9. The van der Waals surface area contributed by atoms with Gasteiger partial charge in [0.1, 0.15) is 0 Å². The highest BCUT2D eigenvalue weighted by Crippen LogP contribution is 2.27. The maximum absolute atomic E-state index is 11.5. The molecule has 0 bridgehead atoms. The maximum atomic E-state index is 11.5. The lowest BCUT2D eigenvalue weighted by Crippen LogP contribution is -2.26. The largest absolute Gasteiger partial charge is 0.381 e. The van der Waals surface area contributed by atoms with Gasteiger partial charge in [-0.25, -0.2) is 0 Å². The highest BCUT2D eigenvalue weighted by Gasteiger charge is 2.17. The molecular formula is C12H14Br2N2O. The molecule has 5 heteroatoms. The quantitative estimate of drug-likeness (QED) is 0.848. The Balaban J connectivity index is 2.06. The van der Waals surface area contributed by atoms with Gasteiger partial charge in [0, 0.05) is 33.6 Å². The first-order chi connectivity index (χ1) is 8.15. The molecule has 1 aromatic rings. The zero-order valence-corrected chi connectivity index (χ0v) is 12.5. The minimum atomic E-state index is 0.133. The normalized spacial score (nSPS) is 20.6. The summed E-state index contributed by atoms with van der Waals surface area (Å²) in [5.41, 5.74) is 1.04. The van der Waals surface area contributed by atoms with Gasteiger partial charge >= 0.3 is 0 Å². The number of hydrogen-bond acceptors (Lipinski definition) is 2. The van der Waals surface area contributed by atoms with Crippen LogP contribution in [0.5, 0.6) is 0 Å². The number of nitrogens with one attached hydrogen (secondary N) is 2. The lowest BCUT2D eigenvalue weighted by molar-refractivity contribution is -0.120. The van der Waals surface area contributed by atoms with Crippen molar-refractivity contribution in [3.8, 4) is 0 Å². The molecule has 0 aliphatic carbocycles. The standard InChI is InChI=1S/C12H14Br2N2O/c13-8-3-4-11(10(14)6-8)16-9-2-1-5-15-12(17)7-9/h3-4,6,9,16H,1-2,5,7H2,(H,15,17). The van der Waals surface area contributed by atoms with Gasteiger partial charge in [0.25, 0.3) is 0 Å². The molecule has 1 aliphatic rings. The summed E-state index contributed by atoms with van der Waals surface area (Å²) in [6, 6.07) is 6.22. The Kier molecular flexibility index (Phi) is 4.45. The van der Waals surface area contributed by atoms with E-state index in [1.54, 1.807) is 0 Å². The van der Waals surface area contributed by atoms with Gasteiger partial charge in [-0.15, -0.1) is 0 Å². The lowest BCUT2D eigenvalue weighted by atomic mass is 10.1. The van der Waals surface area contributed by atoms with E-state index in [0.29, 0.717) is 6.42 Å². The number of carbonyl (C=O) groups is 1. The van der Waals surface area contributed by atoms with Crippen LogP contribution in [0, 0.1) is 0 Å². The molecule has 92 valence electrons. The van der Waals surface area contributed by atoms with Crippen LogP contribution in [0.3, 0.4) is 0 Å². The predicted octanol–water partition coefficient (Wildman–Crippen LogP) is 3.29. The second-order valence-electron chi connectivity index (χ2n) is 4.16. The molecule has 1 aromatic carbocycles. The molecule has 1 heterocycles. The minimum absolute atomic E-state index is 0.133. The third kappa shape index (κ3) is 3.71. The Labute approximate surface area is 118 Å². The van der Waals surface area contributed by atoms with Crippen LogP contribution in [0.2, 0.25) is 0 Å². The number of halogens is 2. The molecule has 17 heavy (non-hydrogen) atoms. The number of anilines is 1. The monoisotopic (exact) mass is 360 g/mol. The topological polar surface area (TPSA) is 41.1 Å². The van der Waals surface area contributed by atoms with Crippen LogP contribution >= 0.6 is 31.9 Å². The average molecular weight is 362 g/mol. The molecule has 1 fully saturated rings. The molecule has 1 unspecified atom stereocenters. The van der Waals surface area contributed by atoms with Crippen LogP contribution < -0.4 is 10.6 Å². The predicted molar refractivity (Wildman–Crippen MR) is 76.1 cm³/mol. The first kappa shape index (κ1) is 12.9. The van der Waals surface area contributed by atoms with Gasteiger partial charge in [-0.2, -0.15) is 0 Å². The van der Waals surface area contributed by atoms with Gasteiger partial charge < -0.3 is 10.6 Å². The zero-order chi connectivity index (χ0) is 12.3. The van der Waals surface area contributed by atoms with E-state index in [1.807, 2.05) is 18.2 Å². The number of amides is 1. The second kappa shape index (κ2) is 5.87. The van der Waals surface area contributed by atoms with Crippen LogP contribution in [0.25, 0.3) is 0 Å². The summed E-state index contributed by atoms with van der Waals surface area (Å²) in [5.74, 6) is 0.133. The van der Waals surface area contributed by atoms with Crippen LogP contribution in [-0.4, -0.2) is 18.5 Å². The number of hydrogen-bond donors (Lipinski definition) is 2. The fraction of sp³-hybridized carbons (Fsp3) is 0.417. The molecule has 1 atom stereocenters. The fourth-order valence-corrected chi connectivity index (χ4v) is 3.09. The van der Waals surface area contributed by atoms with Crippen molar-refractivity contribution in [3.05, 3.63) is 27.1 Å². The third-order valence-electron chi connectivity index (χ3n) is 2.77. The summed E-state index contributed by atoms with van der Waals surface area (Å²) < 4.78 is 2.05. The van der Waals surface area contributed by atoms with Crippen molar-refractivity contribution in [2.45, 2.75) is 25.3 Å². The Hall–Kier alpha value is -0.550. The molecule has 0 aromatic heterocycles. The van der Waals surface area contributed by atoms with E-state index in [2.05, 4.69) is 42.5 Å². The molecule has 1 amide bonds. The Bertz CT molecular complexity index is 423. The SMILES string of the molecule is O=C1CC(Nc2ccc(Br)cc2Br)CCCN1. The van der Waals surface area contributed by atoms with Gasteiger partial charge in [-0.1, -0.05) is 15.9 Å². The second-order valence-corrected chi connectivity index (χ2v) is 5.93. The average Bonchev–Trinajstić information content (AvgIpc) is 2.47. The smallest absolute Gasteiger partial charge is 0.222 e. The van der Waals surface area contributed by atoms with Crippen LogP contribution in [0.1, 0.15) is 19.3 Å². The van der Waals surface area contributed by atoms with Crippen LogP contribution in [0.4, 0.5) is 5.69 Å². The zero-order valence-electron chi connectivity index (χ0n) is 9.30. The van der Waals surface area contributed by atoms with Crippen molar-refractivity contribution < 1.29 is 4.79 Å². The molecule has 1 saturated heterocycles. The molecule has 2 N–H and O–H groups in total. The fourth-order valence-electron chi connectivity index (χ4n) is 1.92. The first-order valence-corrected chi connectivity index (χ1v) is 7.22. The Morgan fingerprint density at radius 1 is 1.35 bits per heavy atom. The summed E-state index contributed by atoms with van der Waals surface area (Å²) >= 11 is 6.94. The first-order valence-electron chi connectivity index (χ1n) is 5.63. The van der Waals surface area contributed by atoms with Crippen molar-refractivity contribution in [2.75, 3.05) is 11.9 Å². The van der Waals surface area contributed by atoms with Crippen molar-refractivity contribution in [1.82, 2.24) is 5.32 Å². The molecule has 0 saturated carbocycles.